The van der Waals surface area contributed by atoms with Crippen molar-refractivity contribution in [2.45, 2.75) is 51.7 Å². The molecule has 220 valence electrons. The van der Waals surface area contributed by atoms with Crippen LogP contribution in [0.4, 0.5) is 11.5 Å². The number of nitrogens with one attached hydrogen (secondary N) is 1. The molecule has 3 aromatic rings. The normalized spacial score (nSPS) is 21.0. The number of aryl methyl sites for hydroxylation is 1. The fraction of sp³-hybridized carbons (Fsp3) is 0.516. The van der Waals surface area contributed by atoms with Gasteiger partial charge in [0.2, 0.25) is 12.5 Å². The summed E-state index contributed by atoms with van der Waals surface area (Å²) in [7, 11) is 2.14. The molecule has 11 nitrogen and oxygen atoms in total. The number of likely N-dealkylation sites (tertiary alicyclic amines) is 1. The van der Waals surface area contributed by atoms with E-state index in [4.69, 9.17) is 21.3 Å². The summed E-state index contributed by atoms with van der Waals surface area (Å²) in [6.45, 7) is 20.5. The van der Waals surface area contributed by atoms with Crippen molar-refractivity contribution in [1.82, 2.24) is 30.0 Å². The molecule has 1 amide bonds. The van der Waals surface area contributed by atoms with Crippen LogP contribution in [0.15, 0.2) is 24.9 Å². The average Bonchev–Trinajstić information content (AvgIpc) is 3.63. The van der Waals surface area contributed by atoms with Gasteiger partial charge in [0.25, 0.3) is 0 Å². The number of H-pyrrole nitrogens is 1. The van der Waals surface area contributed by atoms with Gasteiger partial charge in [0.1, 0.15) is 18.5 Å². The number of hydrogen-bond acceptors (Lipinski definition) is 8. The van der Waals surface area contributed by atoms with Crippen LogP contribution < -0.4 is 14.5 Å². The van der Waals surface area contributed by atoms with Crippen molar-refractivity contribution in [3.05, 3.63) is 58.7 Å². The van der Waals surface area contributed by atoms with Gasteiger partial charge in [-0.1, -0.05) is 6.58 Å². The van der Waals surface area contributed by atoms with Crippen molar-refractivity contribution in [1.29, 1.82) is 0 Å². The van der Waals surface area contributed by atoms with Gasteiger partial charge in [0.05, 0.1) is 29.6 Å². The number of fused-ring (bicyclic) bond motifs is 2. The van der Waals surface area contributed by atoms with E-state index in [0.717, 1.165) is 53.9 Å². The lowest BCUT2D eigenvalue weighted by Crippen LogP contribution is -2.56. The van der Waals surface area contributed by atoms with Crippen molar-refractivity contribution >= 4 is 28.3 Å². The van der Waals surface area contributed by atoms with Crippen LogP contribution in [0.1, 0.15) is 35.2 Å². The highest BCUT2D eigenvalue weighted by Crippen LogP contribution is 2.37. The number of nitrogens with zero attached hydrogens (tertiary/aromatic N) is 8. The van der Waals surface area contributed by atoms with Crippen molar-refractivity contribution < 1.29 is 9.53 Å². The molecule has 5 heterocycles. The highest BCUT2D eigenvalue weighted by molar-refractivity contribution is 5.94. The molecule has 0 unspecified atom stereocenters. The number of hydrogen-bond donors (Lipinski definition) is 1. The molecular formula is C31H39N9O2. The molecule has 42 heavy (non-hydrogen) atoms. The van der Waals surface area contributed by atoms with Crippen molar-refractivity contribution in [2.75, 3.05) is 62.7 Å². The molecule has 0 bridgehead atoms. The van der Waals surface area contributed by atoms with E-state index in [2.05, 4.69) is 63.3 Å². The third-order valence-corrected chi connectivity index (χ3v) is 9.19. The second kappa shape index (κ2) is 11.6. The van der Waals surface area contributed by atoms with Crippen LogP contribution in [0.2, 0.25) is 0 Å². The van der Waals surface area contributed by atoms with E-state index in [1.165, 1.54) is 29.3 Å². The average molecular weight is 570 g/mol. The van der Waals surface area contributed by atoms with Gasteiger partial charge in [-0.25, -0.2) is 6.57 Å². The summed E-state index contributed by atoms with van der Waals surface area (Å²) in [6.07, 6.45) is 6.30. The number of likely N-dealkylation sites (N-methyl/N-ethyl adjacent to an activating group) is 1. The van der Waals surface area contributed by atoms with Crippen LogP contribution in [0, 0.1) is 20.4 Å². The summed E-state index contributed by atoms with van der Waals surface area (Å²) in [5, 5.41) is 8.57. The molecule has 3 aliphatic heterocycles. The smallest absolute Gasteiger partial charge is 0.318 e. The molecule has 1 N–H and O–H groups in total. The minimum absolute atomic E-state index is 0.132. The number of carbonyl (C=O) groups is 1. The zero-order valence-electron chi connectivity index (χ0n) is 24.8. The number of carbonyl (C=O) groups excluding carboxylic acids is 1. The summed E-state index contributed by atoms with van der Waals surface area (Å²) >= 11 is 0. The number of rotatable bonds is 7. The molecular weight excluding hydrogens is 530 g/mol. The predicted molar refractivity (Wildman–Crippen MR) is 163 cm³/mol. The molecule has 3 aliphatic rings. The number of benzene rings is 1. The fourth-order valence-electron chi connectivity index (χ4n) is 6.70. The standard InChI is InChI=1S/C31H39N9O2/c1-6-28(41)40-13-12-39(17-23(40)15-32-4)30-24-9-11-38(29-21(3)20(2)14-26-25(29)16-33-36-26)18-27(24)34-31(35-30)42-19-22-8-7-10-37(22)5/h6,14,16,22-23H,1,7-13,15,17-19H2,2-3,5H3,(H,33,36)/t22-,23-/m0/s1. The zero-order valence-corrected chi connectivity index (χ0v) is 24.8. The lowest BCUT2D eigenvalue weighted by Gasteiger charge is -2.41. The Morgan fingerprint density at radius 2 is 2.07 bits per heavy atom. The lowest BCUT2D eigenvalue weighted by atomic mass is 9.99. The summed E-state index contributed by atoms with van der Waals surface area (Å²) in [6, 6.07) is 2.67. The third kappa shape index (κ3) is 5.15. The molecule has 0 spiro atoms. The number of anilines is 2. The van der Waals surface area contributed by atoms with E-state index >= 15 is 0 Å². The maximum atomic E-state index is 12.5. The molecule has 2 saturated heterocycles. The van der Waals surface area contributed by atoms with Crippen LogP contribution in [0.5, 0.6) is 6.01 Å². The molecule has 2 aromatic heterocycles. The summed E-state index contributed by atoms with van der Waals surface area (Å²) in [4.78, 5) is 34.9. The minimum Gasteiger partial charge on any atom is -0.462 e. The van der Waals surface area contributed by atoms with Gasteiger partial charge in [-0.15, -0.1) is 0 Å². The van der Waals surface area contributed by atoms with Gasteiger partial charge in [-0.2, -0.15) is 15.1 Å². The Bertz CT molecular complexity index is 1540. The Morgan fingerprint density at radius 1 is 1.21 bits per heavy atom. The molecule has 6 rings (SSSR count). The van der Waals surface area contributed by atoms with E-state index in [-0.39, 0.29) is 18.5 Å². The van der Waals surface area contributed by atoms with Gasteiger partial charge in [0.15, 0.2) is 0 Å². The number of aromatic amines is 1. The number of piperazine rings is 1. The first-order valence-electron chi connectivity index (χ1n) is 14.8. The van der Waals surface area contributed by atoms with E-state index < -0.39 is 0 Å². The quantitative estimate of drug-likeness (QED) is 0.343. The Kier molecular flexibility index (Phi) is 7.73. The molecule has 2 fully saturated rings. The predicted octanol–water partition coefficient (Wildman–Crippen LogP) is 3.13. The van der Waals surface area contributed by atoms with Crippen LogP contribution >= 0.6 is 0 Å². The Hall–Kier alpha value is -4.17. The first-order valence-corrected chi connectivity index (χ1v) is 14.8. The largest absolute Gasteiger partial charge is 0.462 e. The first kappa shape index (κ1) is 28.0. The Labute approximate surface area is 247 Å². The highest BCUT2D eigenvalue weighted by Gasteiger charge is 2.35. The summed E-state index contributed by atoms with van der Waals surface area (Å²) in [5.74, 6) is 0.733. The van der Waals surface area contributed by atoms with Crippen LogP contribution in [-0.4, -0.2) is 101 Å². The third-order valence-electron chi connectivity index (χ3n) is 9.19. The number of aromatic nitrogens is 4. The molecule has 2 atom stereocenters. The Balaban J connectivity index is 1.35. The molecule has 1 aromatic carbocycles. The van der Waals surface area contributed by atoms with Gasteiger partial charge < -0.3 is 29.2 Å². The number of amides is 1. The number of ether oxygens (including phenoxy) is 1. The van der Waals surface area contributed by atoms with E-state index in [1.54, 1.807) is 4.90 Å². The molecule has 11 heteroatoms. The van der Waals surface area contributed by atoms with E-state index in [0.29, 0.717) is 44.8 Å². The maximum absolute atomic E-state index is 12.5. The highest BCUT2D eigenvalue weighted by atomic mass is 16.5. The van der Waals surface area contributed by atoms with Crippen LogP contribution in [-0.2, 0) is 17.8 Å². The van der Waals surface area contributed by atoms with E-state index in [9.17, 15) is 4.79 Å². The van der Waals surface area contributed by atoms with E-state index in [1.807, 2.05) is 6.20 Å². The molecule has 0 aliphatic carbocycles. The van der Waals surface area contributed by atoms with Crippen molar-refractivity contribution in [2.24, 2.45) is 0 Å². The second-order valence-corrected chi connectivity index (χ2v) is 11.7. The molecule has 0 saturated carbocycles. The second-order valence-electron chi connectivity index (χ2n) is 11.7. The van der Waals surface area contributed by atoms with Gasteiger partial charge >= 0.3 is 6.01 Å². The topological polar surface area (TPSA) is 98.1 Å². The minimum atomic E-state index is -0.228. The summed E-state index contributed by atoms with van der Waals surface area (Å²) < 4.78 is 6.30. The first-order chi connectivity index (χ1) is 20.4. The van der Waals surface area contributed by atoms with Crippen LogP contribution in [0.3, 0.4) is 0 Å². The maximum Gasteiger partial charge on any atom is 0.318 e. The SMILES string of the molecule is [C-]#[N+]C[C@H]1CN(c2nc(OC[C@@H]3CCCN3C)nc3c2CCN(c2c(C)c(C)cc4[nH]ncc24)C3)CCN1C(=O)C=C. The molecule has 0 radical (unpaired) electrons. The van der Waals surface area contributed by atoms with Gasteiger partial charge in [0, 0.05) is 43.2 Å². The van der Waals surface area contributed by atoms with Crippen LogP contribution in [0.25, 0.3) is 15.7 Å². The van der Waals surface area contributed by atoms with Crippen molar-refractivity contribution in [3.63, 3.8) is 0 Å². The monoisotopic (exact) mass is 569 g/mol. The zero-order chi connectivity index (χ0) is 29.4. The van der Waals surface area contributed by atoms with Gasteiger partial charge in [-0.05, 0) is 70.0 Å². The lowest BCUT2D eigenvalue weighted by molar-refractivity contribution is -0.128. The van der Waals surface area contributed by atoms with Crippen molar-refractivity contribution in [3.8, 4) is 6.01 Å². The van der Waals surface area contributed by atoms with Gasteiger partial charge in [-0.3, -0.25) is 9.89 Å². The Morgan fingerprint density at radius 3 is 2.83 bits per heavy atom. The fourth-order valence-corrected chi connectivity index (χ4v) is 6.70. The summed E-state index contributed by atoms with van der Waals surface area (Å²) in [5.41, 5.74) is 6.77.